The van der Waals surface area contributed by atoms with Crippen LogP contribution in [-0.2, 0) is 6.18 Å². The van der Waals surface area contributed by atoms with Crippen molar-refractivity contribution in [1.82, 2.24) is 10.2 Å². The van der Waals surface area contributed by atoms with Crippen LogP contribution in [0.5, 0.6) is 0 Å². The number of alkyl halides is 3. The van der Waals surface area contributed by atoms with E-state index in [1.807, 2.05) is 0 Å². The van der Waals surface area contributed by atoms with Gasteiger partial charge in [0.1, 0.15) is 5.82 Å². The zero-order valence-electron chi connectivity index (χ0n) is 8.15. The third kappa shape index (κ3) is 2.49. The highest BCUT2D eigenvalue weighted by Crippen LogP contribution is 2.32. The van der Waals surface area contributed by atoms with Gasteiger partial charge in [0.15, 0.2) is 5.69 Å². The van der Waals surface area contributed by atoms with Crippen LogP contribution < -0.4 is 0 Å². The van der Waals surface area contributed by atoms with Crippen molar-refractivity contribution in [3.63, 3.8) is 0 Å². The average Bonchev–Trinajstić information content (AvgIpc) is 2.65. The summed E-state index contributed by atoms with van der Waals surface area (Å²) < 4.78 is 50.2. The highest BCUT2D eigenvalue weighted by Gasteiger charge is 2.34. The van der Waals surface area contributed by atoms with Crippen molar-refractivity contribution >= 4 is 15.9 Å². The Hall–Kier alpha value is -1.37. The van der Waals surface area contributed by atoms with E-state index >= 15 is 0 Å². The van der Waals surface area contributed by atoms with Gasteiger partial charge in [0.25, 0.3) is 0 Å². The molecule has 0 aliphatic rings. The second-order valence-corrected chi connectivity index (χ2v) is 4.14. The quantitative estimate of drug-likeness (QED) is 0.793. The van der Waals surface area contributed by atoms with E-state index in [-0.39, 0.29) is 5.69 Å². The molecule has 0 atom stereocenters. The first-order chi connectivity index (χ1) is 7.88. The van der Waals surface area contributed by atoms with Crippen molar-refractivity contribution in [3.8, 4) is 11.3 Å². The van der Waals surface area contributed by atoms with E-state index in [0.29, 0.717) is 10.0 Å². The van der Waals surface area contributed by atoms with Gasteiger partial charge in [0.2, 0.25) is 0 Å². The number of halogens is 5. The molecule has 0 spiro atoms. The van der Waals surface area contributed by atoms with Gasteiger partial charge in [-0.05, 0) is 40.2 Å². The summed E-state index contributed by atoms with van der Waals surface area (Å²) in [6.07, 6.45) is -4.50. The topological polar surface area (TPSA) is 28.7 Å². The molecule has 0 saturated carbocycles. The van der Waals surface area contributed by atoms with E-state index in [9.17, 15) is 17.6 Å². The molecule has 0 bridgehead atoms. The summed E-state index contributed by atoms with van der Waals surface area (Å²) in [5.74, 6) is -0.476. The maximum absolute atomic E-state index is 12.8. The largest absolute Gasteiger partial charge is 0.435 e. The zero-order chi connectivity index (χ0) is 12.6. The highest BCUT2D eigenvalue weighted by molar-refractivity contribution is 9.10. The molecule has 0 aliphatic heterocycles. The number of aromatic nitrogens is 2. The molecule has 90 valence electrons. The first kappa shape index (κ1) is 12.1. The number of nitrogens with one attached hydrogen (secondary N) is 1. The molecule has 1 aromatic carbocycles. The lowest BCUT2D eigenvalue weighted by Crippen LogP contribution is -2.04. The minimum absolute atomic E-state index is 0.171. The van der Waals surface area contributed by atoms with Crippen molar-refractivity contribution in [2.24, 2.45) is 0 Å². The molecule has 7 heteroatoms. The number of benzene rings is 1. The number of H-pyrrole nitrogens is 1. The van der Waals surface area contributed by atoms with Gasteiger partial charge in [-0.15, -0.1) is 0 Å². The molecule has 0 radical (unpaired) electrons. The van der Waals surface area contributed by atoms with Crippen LogP contribution in [0.25, 0.3) is 11.3 Å². The molecule has 0 saturated heterocycles. The lowest BCUT2D eigenvalue weighted by Gasteiger charge is -2.01. The number of aromatic amines is 1. The van der Waals surface area contributed by atoms with Crippen LogP contribution in [0.2, 0.25) is 0 Å². The Morgan fingerprint density at radius 3 is 2.41 bits per heavy atom. The maximum Gasteiger partial charge on any atom is 0.435 e. The van der Waals surface area contributed by atoms with E-state index in [0.717, 1.165) is 12.1 Å². The van der Waals surface area contributed by atoms with Gasteiger partial charge in [-0.3, -0.25) is 5.10 Å². The van der Waals surface area contributed by atoms with Gasteiger partial charge >= 0.3 is 6.18 Å². The van der Waals surface area contributed by atoms with Crippen LogP contribution in [0.1, 0.15) is 5.69 Å². The van der Waals surface area contributed by atoms with Gasteiger partial charge in [0, 0.05) is 10.0 Å². The molecule has 1 aromatic heterocycles. The average molecular weight is 309 g/mol. The predicted octanol–water partition coefficient (Wildman–Crippen LogP) is 4.00. The molecule has 2 rings (SSSR count). The van der Waals surface area contributed by atoms with Gasteiger partial charge < -0.3 is 0 Å². The first-order valence-electron chi connectivity index (χ1n) is 4.46. The lowest BCUT2D eigenvalue weighted by molar-refractivity contribution is -0.141. The van der Waals surface area contributed by atoms with Crippen molar-refractivity contribution < 1.29 is 17.6 Å². The molecule has 0 amide bonds. The Labute approximate surface area is 102 Å². The van der Waals surface area contributed by atoms with Crippen molar-refractivity contribution in [2.45, 2.75) is 6.18 Å². The van der Waals surface area contributed by atoms with Crippen LogP contribution in [0.4, 0.5) is 17.6 Å². The first-order valence-corrected chi connectivity index (χ1v) is 5.25. The minimum Gasteiger partial charge on any atom is -0.277 e. The molecule has 2 nitrogen and oxygen atoms in total. The lowest BCUT2D eigenvalue weighted by atomic mass is 10.1. The summed E-state index contributed by atoms with van der Waals surface area (Å²) in [6, 6.07) is 4.57. The van der Waals surface area contributed by atoms with Crippen LogP contribution in [0.15, 0.2) is 28.7 Å². The van der Waals surface area contributed by atoms with Crippen LogP contribution in [0.3, 0.4) is 0 Å². The van der Waals surface area contributed by atoms with Crippen molar-refractivity contribution in [3.05, 3.63) is 40.2 Å². The summed E-state index contributed by atoms with van der Waals surface area (Å²) in [4.78, 5) is 0. The van der Waals surface area contributed by atoms with E-state index in [1.54, 1.807) is 0 Å². The van der Waals surface area contributed by atoms with Crippen LogP contribution in [-0.4, -0.2) is 10.2 Å². The second kappa shape index (κ2) is 4.14. The van der Waals surface area contributed by atoms with Gasteiger partial charge in [0.05, 0.1) is 5.69 Å². The van der Waals surface area contributed by atoms with E-state index in [4.69, 9.17) is 0 Å². The summed E-state index contributed by atoms with van der Waals surface area (Å²) >= 11 is 3.07. The van der Waals surface area contributed by atoms with E-state index in [2.05, 4.69) is 26.1 Å². The maximum atomic E-state index is 12.8. The molecule has 1 N–H and O–H groups in total. The number of hydrogen-bond acceptors (Lipinski definition) is 1. The SMILES string of the molecule is Fc1ccc(-c2cc(C(F)(F)F)n[nH]2)c(Br)c1. The molecule has 0 unspecified atom stereocenters. The Bertz CT molecular complexity index is 547. The molecule has 2 aromatic rings. The molecular weight excluding hydrogens is 304 g/mol. The van der Waals surface area contributed by atoms with Crippen LogP contribution >= 0.6 is 15.9 Å². The van der Waals surface area contributed by atoms with Gasteiger partial charge in [-0.2, -0.15) is 18.3 Å². The normalized spacial score (nSPS) is 11.8. The zero-order valence-corrected chi connectivity index (χ0v) is 9.73. The summed E-state index contributed by atoms with van der Waals surface area (Å²) in [6.45, 7) is 0. The van der Waals surface area contributed by atoms with Crippen molar-refractivity contribution in [2.75, 3.05) is 0 Å². The Balaban J connectivity index is 2.44. The Morgan fingerprint density at radius 2 is 1.88 bits per heavy atom. The van der Waals surface area contributed by atoms with E-state index in [1.165, 1.54) is 12.1 Å². The minimum atomic E-state index is -4.50. The fraction of sp³-hybridized carbons (Fsp3) is 0.100. The monoisotopic (exact) mass is 308 g/mol. The number of nitrogens with zero attached hydrogens (tertiary/aromatic N) is 1. The van der Waals surface area contributed by atoms with Gasteiger partial charge in [-0.25, -0.2) is 4.39 Å². The molecule has 1 heterocycles. The fourth-order valence-corrected chi connectivity index (χ4v) is 1.88. The highest BCUT2D eigenvalue weighted by atomic mass is 79.9. The van der Waals surface area contributed by atoms with Gasteiger partial charge in [-0.1, -0.05) is 0 Å². The number of rotatable bonds is 1. The Morgan fingerprint density at radius 1 is 1.18 bits per heavy atom. The Kier molecular flexibility index (Phi) is 2.94. The second-order valence-electron chi connectivity index (χ2n) is 3.29. The molecule has 17 heavy (non-hydrogen) atoms. The molecule has 0 fully saturated rings. The summed E-state index contributed by atoms with van der Waals surface area (Å²) in [7, 11) is 0. The fourth-order valence-electron chi connectivity index (χ4n) is 1.31. The standard InChI is InChI=1S/C10H5BrF4N2/c11-7-3-5(12)1-2-6(7)8-4-9(17-16-8)10(13,14)15/h1-4H,(H,16,17). The third-order valence-electron chi connectivity index (χ3n) is 2.09. The third-order valence-corrected chi connectivity index (χ3v) is 2.75. The number of hydrogen-bond donors (Lipinski definition) is 1. The van der Waals surface area contributed by atoms with Crippen molar-refractivity contribution in [1.29, 1.82) is 0 Å². The van der Waals surface area contributed by atoms with Crippen LogP contribution in [0, 0.1) is 5.82 Å². The predicted molar refractivity (Wildman–Crippen MR) is 56.7 cm³/mol. The molecule has 0 aliphatic carbocycles. The molecular formula is C10H5BrF4N2. The smallest absolute Gasteiger partial charge is 0.277 e. The summed E-state index contributed by atoms with van der Waals surface area (Å²) in [5.41, 5.74) is -0.428. The summed E-state index contributed by atoms with van der Waals surface area (Å²) in [5, 5.41) is 5.43. The van der Waals surface area contributed by atoms with E-state index < -0.39 is 17.7 Å².